The summed E-state index contributed by atoms with van der Waals surface area (Å²) in [5.41, 5.74) is 6.19. The van der Waals surface area contributed by atoms with Crippen LogP contribution in [-0.4, -0.2) is 0 Å². The van der Waals surface area contributed by atoms with Crippen molar-refractivity contribution in [2.24, 2.45) is 0 Å². The Morgan fingerprint density at radius 3 is 0.744 bits per heavy atom. The van der Waals surface area contributed by atoms with Crippen molar-refractivity contribution in [1.29, 1.82) is 0 Å². The normalized spacial score (nSPS) is 13.8. The molecule has 0 nitrogen and oxygen atoms in total. The third kappa shape index (κ3) is 5.79. The second-order valence-electron chi connectivity index (χ2n) is 11.9. The molecular formula is C36H48P2Ti. The molecule has 0 atom stereocenters. The zero-order chi connectivity index (χ0) is 27.7. The molecule has 0 N–H and O–H groups in total. The standard InChI is InChI=1S/2C14H14P.4C2H5.Ti/c2*1-3-7-13(8-4-1)11-15-12-14-9-5-2-6-10-14;4*1-2;/h2*1-10H,11-12H2;4*1H2,2H3;/q2*-1;;;;;+2. The Balaban J connectivity index is 1.99. The Bertz CT molecular complexity index is 1080. The van der Waals surface area contributed by atoms with Gasteiger partial charge in [-0.05, 0) is 0 Å². The van der Waals surface area contributed by atoms with E-state index in [1.165, 1.54) is 43.5 Å². The zero-order valence-electron chi connectivity index (χ0n) is 24.6. The van der Waals surface area contributed by atoms with E-state index in [4.69, 9.17) is 0 Å². The first-order chi connectivity index (χ1) is 19.0. The Labute approximate surface area is 238 Å². The molecule has 0 aliphatic rings. The van der Waals surface area contributed by atoms with Gasteiger partial charge in [0.15, 0.2) is 0 Å². The number of rotatable bonds is 14. The van der Waals surface area contributed by atoms with Crippen molar-refractivity contribution in [3.8, 4) is 0 Å². The van der Waals surface area contributed by atoms with E-state index in [1.807, 2.05) is 0 Å². The van der Waals surface area contributed by atoms with E-state index < -0.39 is 13.0 Å². The molecule has 4 aromatic carbocycles. The molecule has 0 bridgehead atoms. The quantitative estimate of drug-likeness (QED) is 0.101. The molecule has 3 heteroatoms. The Kier molecular flexibility index (Phi) is 10.1. The molecule has 0 aromatic heterocycles. The third-order valence-electron chi connectivity index (χ3n) is 11.2. The maximum absolute atomic E-state index is 3.84. The molecule has 0 aliphatic heterocycles. The Morgan fingerprint density at radius 1 is 0.359 bits per heavy atom. The van der Waals surface area contributed by atoms with Crippen LogP contribution in [0.5, 0.6) is 0 Å². The van der Waals surface area contributed by atoms with Crippen LogP contribution in [0.3, 0.4) is 0 Å². The number of hydrogen-bond donors (Lipinski definition) is 0. The minimum absolute atomic E-state index is 0.245. The molecule has 0 amide bonds. The Hall–Kier alpha value is -1.55. The van der Waals surface area contributed by atoms with Gasteiger partial charge in [-0.1, -0.05) is 0 Å². The van der Waals surface area contributed by atoms with Crippen molar-refractivity contribution in [3.05, 3.63) is 144 Å². The molecule has 4 rings (SSSR count). The van der Waals surface area contributed by atoms with Crippen molar-refractivity contribution in [2.45, 2.75) is 71.2 Å². The van der Waals surface area contributed by atoms with Crippen molar-refractivity contribution >= 4 is 11.8 Å². The molecular weight excluding hydrogens is 542 g/mol. The van der Waals surface area contributed by atoms with Crippen LogP contribution >= 0.6 is 11.8 Å². The molecule has 0 saturated heterocycles. The van der Waals surface area contributed by atoms with Crippen LogP contribution in [0.15, 0.2) is 121 Å². The average molecular weight is 591 g/mol. The van der Waals surface area contributed by atoms with Gasteiger partial charge in [0.2, 0.25) is 0 Å². The molecule has 0 heterocycles. The molecule has 39 heavy (non-hydrogen) atoms. The van der Waals surface area contributed by atoms with E-state index in [0.29, 0.717) is 0 Å². The van der Waals surface area contributed by atoms with Crippen LogP contribution in [0.1, 0.15) is 49.9 Å². The van der Waals surface area contributed by atoms with Gasteiger partial charge in [-0.25, -0.2) is 0 Å². The second kappa shape index (κ2) is 13.0. The third-order valence-corrected chi connectivity index (χ3v) is 71.5. The van der Waals surface area contributed by atoms with Crippen molar-refractivity contribution in [2.75, 3.05) is 0 Å². The van der Waals surface area contributed by atoms with Crippen molar-refractivity contribution in [1.82, 2.24) is 0 Å². The van der Waals surface area contributed by atoms with E-state index in [9.17, 15) is 0 Å². The van der Waals surface area contributed by atoms with E-state index in [1.54, 1.807) is 22.3 Å². The molecule has 0 radical (unpaired) electrons. The first-order valence-electron chi connectivity index (χ1n) is 15.0. The van der Waals surface area contributed by atoms with Gasteiger partial charge in [-0.2, -0.15) is 0 Å². The molecule has 0 aliphatic carbocycles. The fourth-order valence-electron chi connectivity index (χ4n) is 7.85. The summed E-state index contributed by atoms with van der Waals surface area (Å²) in [7, 11) is 0. The van der Waals surface area contributed by atoms with Crippen LogP contribution in [-0.2, 0) is 37.6 Å². The first kappa shape index (κ1) is 30.4. The van der Waals surface area contributed by atoms with Crippen LogP contribution in [0, 0.1) is 0 Å². The van der Waals surface area contributed by atoms with Gasteiger partial charge in [0, 0.05) is 0 Å². The van der Waals surface area contributed by atoms with E-state index in [2.05, 4.69) is 149 Å². The number of benzene rings is 4. The molecule has 0 spiro atoms. The van der Waals surface area contributed by atoms with Crippen LogP contribution in [0.2, 0.25) is 18.9 Å². The summed E-state index contributed by atoms with van der Waals surface area (Å²) < 4.78 is 5.67. The fraction of sp³-hybridized carbons (Fsp3) is 0.333. The second-order valence-corrected chi connectivity index (χ2v) is 48.4. The maximum atomic E-state index is 2.64. The van der Waals surface area contributed by atoms with Crippen molar-refractivity contribution in [3.63, 3.8) is 0 Å². The average Bonchev–Trinajstić information content (AvgIpc) is 3.01. The summed E-state index contributed by atoms with van der Waals surface area (Å²) in [6, 6.07) is 46.0. The van der Waals surface area contributed by atoms with Crippen LogP contribution in [0.25, 0.3) is 0 Å². The van der Waals surface area contributed by atoms with Gasteiger partial charge < -0.3 is 0 Å². The minimum atomic E-state index is -3.84. The summed E-state index contributed by atoms with van der Waals surface area (Å²) >= 11 is -3.84. The van der Waals surface area contributed by atoms with Gasteiger partial charge >= 0.3 is 240 Å². The monoisotopic (exact) mass is 590 g/mol. The molecule has 206 valence electrons. The fourth-order valence-corrected chi connectivity index (χ4v) is 61.6. The molecule has 0 saturated carbocycles. The summed E-state index contributed by atoms with van der Waals surface area (Å²) in [5, 5.41) is 0. The van der Waals surface area contributed by atoms with Crippen LogP contribution in [0.4, 0.5) is 0 Å². The van der Waals surface area contributed by atoms with E-state index in [-0.39, 0.29) is 11.8 Å². The SMILES string of the molecule is C[CH2][Ti]([CH2]C)([CH2]C)([CH2]C)([P](Cc1ccccc1)Cc1ccccc1)[P](Cc1ccccc1)Cc1ccccc1. The van der Waals surface area contributed by atoms with Gasteiger partial charge in [0.05, 0.1) is 0 Å². The van der Waals surface area contributed by atoms with Gasteiger partial charge in [0.25, 0.3) is 0 Å². The number of hydrogen-bond acceptors (Lipinski definition) is 0. The zero-order valence-corrected chi connectivity index (χ0v) is 27.9. The molecule has 0 fully saturated rings. The van der Waals surface area contributed by atoms with Gasteiger partial charge in [0.1, 0.15) is 0 Å². The molecule has 0 unspecified atom stereocenters. The predicted molar refractivity (Wildman–Crippen MR) is 176 cm³/mol. The Morgan fingerprint density at radius 2 is 0.564 bits per heavy atom. The summed E-state index contributed by atoms with van der Waals surface area (Å²) in [5.74, 6) is -0.491. The summed E-state index contributed by atoms with van der Waals surface area (Å²) in [6.07, 6.45) is 5.06. The predicted octanol–water partition coefficient (Wildman–Crippen LogP) is 12.6. The van der Waals surface area contributed by atoms with E-state index >= 15 is 0 Å². The molecule has 4 aromatic rings. The van der Waals surface area contributed by atoms with Gasteiger partial charge in [-0.3, -0.25) is 0 Å². The summed E-state index contributed by atoms with van der Waals surface area (Å²) in [4.78, 5) is 0. The van der Waals surface area contributed by atoms with E-state index in [0.717, 1.165) is 0 Å². The summed E-state index contributed by atoms with van der Waals surface area (Å²) in [6.45, 7) is 10.5. The van der Waals surface area contributed by atoms with Crippen LogP contribution < -0.4 is 0 Å². The van der Waals surface area contributed by atoms with Crippen molar-refractivity contribution < 1.29 is 13.0 Å². The first-order valence-corrected chi connectivity index (χ1v) is 27.0. The topological polar surface area (TPSA) is 0 Å². The van der Waals surface area contributed by atoms with Gasteiger partial charge in [-0.15, -0.1) is 0 Å².